The van der Waals surface area contributed by atoms with Crippen molar-refractivity contribution in [1.29, 1.82) is 0 Å². The largest absolute Gasteiger partial charge is 0.362 e. The van der Waals surface area contributed by atoms with E-state index in [0.29, 0.717) is 0 Å². The second-order valence-corrected chi connectivity index (χ2v) is 12.0. The summed E-state index contributed by atoms with van der Waals surface area (Å²) in [7, 11) is 3.71. The SMILES string of the molecule is COC1(O)C2c3ccc4cc(C(C)(C)C)ccc4c3-c3c4c5ccc6ccccc6c5n(C)c4nc[n+]3C21. The summed E-state index contributed by atoms with van der Waals surface area (Å²) in [5.41, 5.74) is 6.90. The average Bonchev–Trinajstić information content (AvgIpc) is 3.45. The molecule has 1 aliphatic heterocycles. The summed E-state index contributed by atoms with van der Waals surface area (Å²) >= 11 is 0. The van der Waals surface area contributed by atoms with Gasteiger partial charge in [-0.05, 0) is 37.7 Å². The first-order chi connectivity index (χ1) is 18.2. The minimum Gasteiger partial charge on any atom is -0.362 e. The molecule has 0 spiro atoms. The first-order valence-corrected chi connectivity index (χ1v) is 13.3. The summed E-state index contributed by atoms with van der Waals surface area (Å²) in [6.45, 7) is 6.75. The summed E-state index contributed by atoms with van der Waals surface area (Å²) in [6.07, 6.45) is 1.90. The van der Waals surface area contributed by atoms with Crippen LogP contribution in [0.1, 0.15) is 43.9 Å². The van der Waals surface area contributed by atoms with Gasteiger partial charge in [0.05, 0.1) is 11.4 Å². The highest BCUT2D eigenvalue weighted by Crippen LogP contribution is 2.64. The van der Waals surface area contributed by atoms with Crippen molar-refractivity contribution in [3.05, 3.63) is 84.2 Å². The van der Waals surface area contributed by atoms with Crippen molar-refractivity contribution in [2.24, 2.45) is 7.05 Å². The lowest BCUT2D eigenvalue weighted by molar-refractivity contribution is -0.703. The molecule has 1 saturated carbocycles. The van der Waals surface area contributed by atoms with E-state index in [-0.39, 0.29) is 17.4 Å². The van der Waals surface area contributed by atoms with E-state index < -0.39 is 5.79 Å². The molecule has 3 atom stereocenters. The normalized spacial score (nSPS) is 22.2. The lowest BCUT2D eigenvalue weighted by Gasteiger charge is -2.22. The number of nitrogens with zero attached hydrogens (tertiary/aromatic N) is 3. The third-order valence-electron chi connectivity index (χ3n) is 9.04. The van der Waals surface area contributed by atoms with Crippen LogP contribution in [0.25, 0.3) is 54.7 Å². The van der Waals surface area contributed by atoms with Crippen molar-refractivity contribution in [2.75, 3.05) is 7.11 Å². The molecule has 5 nitrogen and oxygen atoms in total. The van der Waals surface area contributed by atoms with Gasteiger partial charge in [-0.3, -0.25) is 0 Å². The number of aryl methyl sites for hydroxylation is 1. The molecule has 0 amide bonds. The van der Waals surface area contributed by atoms with E-state index >= 15 is 0 Å². The molecule has 5 heteroatoms. The fraction of sp³-hybridized carbons (Fsp3) is 0.273. The van der Waals surface area contributed by atoms with Crippen molar-refractivity contribution in [3.63, 3.8) is 0 Å². The highest BCUT2D eigenvalue weighted by atomic mass is 16.6. The van der Waals surface area contributed by atoms with Gasteiger partial charge in [-0.25, -0.2) is 4.57 Å². The lowest BCUT2D eigenvalue weighted by atomic mass is 9.83. The quantitative estimate of drug-likeness (QED) is 0.214. The van der Waals surface area contributed by atoms with Crippen molar-refractivity contribution >= 4 is 43.5 Å². The smallest absolute Gasteiger partial charge is 0.289 e. The Kier molecular flexibility index (Phi) is 4.08. The molecule has 2 aliphatic rings. The van der Waals surface area contributed by atoms with Crippen molar-refractivity contribution in [3.8, 4) is 11.3 Å². The molecule has 8 rings (SSSR count). The number of ether oxygens (including phenoxy) is 1. The Bertz CT molecular complexity index is 2000. The number of aromatic nitrogens is 3. The summed E-state index contributed by atoms with van der Waals surface area (Å²) in [5.74, 6) is -1.39. The molecule has 1 N–H and O–H groups in total. The maximum Gasteiger partial charge on any atom is 0.289 e. The van der Waals surface area contributed by atoms with Crippen molar-refractivity contribution in [2.45, 2.75) is 43.9 Å². The third-order valence-corrected chi connectivity index (χ3v) is 9.04. The molecule has 38 heavy (non-hydrogen) atoms. The number of fused-ring (bicyclic) bond motifs is 14. The summed E-state index contributed by atoms with van der Waals surface area (Å²) < 4.78 is 10.1. The number of benzene rings is 4. The van der Waals surface area contributed by atoms with E-state index in [1.807, 2.05) is 6.33 Å². The van der Waals surface area contributed by atoms with Crippen LogP contribution >= 0.6 is 0 Å². The summed E-state index contributed by atoms with van der Waals surface area (Å²) in [5, 5.41) is 18.7. The Balaban J connectivity index is 1.56. The first-order valence-electron chi connectivity index (χ1n) is 13.3. The summed E-state index contributed by atoms with van der Waals surface area (Å²) in [4.78, 5) is 4.97. The van der Waals surface area contributed by atoms with E-state index in [2.05, 4.69) is 104 Å². The van der Waals surface area contributed by atoms with Crippen LogP contribution in [0.4, 0.5) is 0 Å². The first kappa shape index (κ1) is 22.2. The van der Waals surface area contributed by atoms with Gasteiger partial charge < -0.3 is 14.4 Å². The maximum absolute atomic E-state index is 11.6. The molecule has 6 aromatic rings. The molecule has 2 aromatic heterocycles. The van der Waals surface area contributed by atoms with E-state index in [4.69, 9.17) is 9.72 Å². The Hall–Kier alpha value is -3.80. The van der Waals surface area contributed by atoms with Gasteiger partial charge in [-0.2, -0.15) is 0 Å². The van der Waals surface area contributed by atoms with Gasteiger partial charge in [0.25, 0.3) is 12.0 Å². The van der Waals surface area contributed by atoms with Crippen molar-refractivity contribution in [1.82, 2.24) is 9.55 Å². The molecule has 3 heterocycles. The van der Waals surface area contributed by atoms with Crippen LogP contribution in [0.15, 0.2) is 73.1 Å². The second kappa shape index (κ2) is 6.99. The fourth-order valence-corrected chi connectivity index (χ4v) is 7.04. The number of hydrogen-bond donors (Lipinski definition) is 1. The van der Waals surface area contributed by atoms with E-state index in [1.165, 1.54) is 43.6 Å². The third kappa shape index (κ3) is 2.58. The Morgan fingerprint density at radius 3 is 2.50 bits per heavy atom. The fourth-order valence-electron chi connectivity index (χ4n) is 7.04. The van der Waals surface area contributed by atoms with E-state index in [1.54, 1.807) is 7.11 Å². The van der Waals surface area contributed by atoms with Gasteiger partial charge in [0.1, 0.15) is 11.1 Å². The van der Waals surface area contributed by atoms with Crippen LogP contribution in [-0.2, 0) is 17.2 Å². The average molecular weight is 501 g/mol. The number of methoxy groups -OCH3 is 1. The van der Waals surface area contributed by atoms with Crippen LogP contribution in [0.2, 0.25) is 0 Å². The predicted octanol–water partition coefficient (Wildman–Crippen LogP) is 6.27. The molecular formula is C33H30N3O2+. The van der Waals surface area contributed by atoms with Gasteiger partial charge in [0, 0.05) is 30.5 Å². The van der Waals surface area contributed by atoms with Crippen LogP contribution in [-0.4, -0.2) is 27.6 Å². The van der Waals surface area contributed by atoms with Gasteiger partial charge in [0.2, 0.25) is 5.79 Å². The van der Waals surface area contributed by atoms with Gasteiger partial charge in [-0.1, -0.05) is 87.5 Å². The zero-order valence-electron chi connectivity index (χ0n) is 22.3. The Labute approximate surface area is 220 Å². The molecule has 0 bridgehead atoms. The van der Waals surface area contributed by atoms with Crippen LogP contribution in [0.3, 0.4) is 0 Å². The Morgan fingerprint density at radius 2 is 1.71 bits per heavy atom. The molecule has 1 fully saturated rings. The van der Waals surface area contributed by atoms with E-state index in [0.717, 1.165) is 22.3 Å². The Morgan fingerprint density at radius 1 is 0.947 bits per heavy atom. The van der Waals surface area contributed by atoms with Gasteiger partial charge in [0.15, 0.2) is 6.04 Å². The predicted molar refractivity (Wildman–Crippen MR) is 151 cm³/mol. The topological polar surface area (TPSA) is 51.2 Å². The summed E-state index contributed by atoms with van der Waals surface area (Å²) in [6, 6.07) is 24.0. The minimum atomic E-state index is -1.25. The standard InChI is InChI=1S/C33H30N3O2/c1-32(2,3)20-12-15-21-19(16-20)11-13-23-25(21)29-26-24-14-10-18-8-6-7-9-22(18)28(24)35(4)31(26)34-17-36(29)30-27(23)33(30,37)38-5/h6-17,27,30,37H,1-5H3/q+1. The highest BCUT2D eigenvalue weighted by molar-refractivity contribution is 6.21. The monoisotopic (exact) mass is 500 g/mol. The molecule has 188 valence electrons. The maximum atomic E-state index is 11.6. The minimum absolute atomic E-state index is 0.0581. The highest BCUT2D eigenvalue weighted by Gasteiger charge is 2.73. The number of hydrogen-bond acceptors (Lipinski definition) is 3. The van der Waals surface area contributed by atoms with Gasteiger partial charge in [-0.15, -0.1) is 0 Å². The van der Waals surface area contributed by atoms with Crippen LogP contribution < -0.4 is 4.57 Å². The molecule has 3 unspecified atom stereocenters. The zero-order chi connectivity index (χ0) is 26.1. The molecule has 0 radical (unpaired) electrons. The number of rotatable bonds is 1. The van der Waals surface area contributed by atoms with Crippen LogP contribution in [0, 0.1) is 0 Å². The second-order valence-electron chi connectivity index (χ2n) is 12.0. The molecule has 1 aliphatic carbocycles. The van der Waals surface area contributed by atoms with Gasteiger partial charge >= 0.3 is 0 Å². The van der Waals surface area contributed by atoms with E-state index in [9.17, 15) is 5.11 Å². The molecule has 4 aromatic carbocycles. The molecular weight excluding hydrogens is 470 g/mol. The zero-order valence-corrected chi connectivity index (χ0v) is 22.3. The lowest BCUT2D eigenvalue weighted by Crippen LogP contribution is -2.41. The number of aliphatic hydroxyl groups is 1. The van der Waals surface area contributed by atoms with Crippen LogP contribution in [0.5, 0.6) is 0 Å². The molecule has 0 saturated heterocycles. The van der Waals surface area contributed by atoms with Crippen molar-refractivity contribution < 1.29 is 14.4 Å².